The molecule has 3 rings (SSSR count). The molecule has 110 valence electrons. The van der Waals surface area contributed by atoms with Crippen LogP contribution in [0.3, 0.4) is 0 Å². The number of carbonyl (C=O) groups is 1. The minimum absolute atomic E-state index is 0.303. The lowest BCUT2D eigenvalue weighted by atomic mass is 9.94. The molecule has 1 aromatic heterocycles. The number of aryl methyl sites for hydroxylation is 1. The zero-order chi connectivity index (χ0) is 13.8. The van der Waals surface area contributed by atoms with E-state index in [4.69, 9.17) is 0 Å². The Morgan fingerprint density at radius 1 is 1.30 bits per heavy atom. The van der Waals surface area contributed by atoms with E-state index in [1.54, 1.807) is 12.5 Å². The number of rotatable bonds is 4. The largest absolute Gasteiger partial charge is 0.338 e. The van der Waals surface area contributed by atoms with Gasteiger partial charge in [-0.15, -0.1) is 0 Å². The minimum atomic E-state index is 0.303. The fourth-order valence-electron chi connectivity index (χ4n) is 3.51. The smallest absolute Gasteiger partial charge is 0.224 e. The van der Waals surface area contributed by atoms with Crippen LogP contribution in [0.15, 0.2) is 18.7 Å². The Morgan fingerprint density at radius 3 is 3.00 bits per heavy atom. The van der Waals surface area contributed by atoms with Crippen molar-refractivity contribution < 1.29 is 4.79 Å². The molecule has 2 atom stereocenters. The van der Waals surface area contributed by atoms with Crippen LogP contribution in [0, 0.1) is 0 Å². The summed E-state index contributed by atoms with van der Waals surface area (Å²) in [4.78, 5) is 18.7. The lowest BCUT2D eigenvalue weighted by molar-refractivity contribution is -0.135. The van der Waals surface area contributed by atoms with Gasteiger partial charge < -0.3 is 14.8 Å². The molecule has 5 heteroatoms. The average molecular weight is 276 g/mol. The first kappa shape index (κ1) is 13.6. The van der Waals surface area contributed by atoms with Crippen molar-refractivity contribution in [3.05, 3.63) is 18.7 Å². The maximum Gasteiger partial charge on any atom is 0.224 e. The molecule has 2 unspecified atom stereocenters. The molecule has 1 aromatic rings. The van der Waals surface area contributed by atoms with Gasteiger partial charge in [0.05, 0.1) is 6.33 Å². The lowest BCUT2D eigenvalue weighted by Gasteiger charge is -2.39. The number of aromatic nitrogens is 2. The molecule has 5 nitrogen and oxygen atoms in total. The maximum atomic E-state index is 12.5. The summed E-state index contributed by atoms with van der Waals surface area (Å²) in [6.45, 7) is 2.78. The Morgan fingerprint density at radius 2 is 2.25 bits per heavy atom. The third-order valence-corrected chi connectivity index (χ3v) is 4.58. The minimum Gasteiger partial charge on any atom is -0.338 e. The quantitative estimate of drug-likeness (QED) is 0.904. The Kier molecular flexibility index (Phi) is 4.35. The Bertz CT molecular complexity index is 425. The Balaban J connectivity index is 1.58. The second-order valence-electron chi connectivity index (χ2n) is 5.90. The first-order chi connectivity index (χ1) is 9.84. The summed E-state index contributed by atoms with van der Waals surface area (Å²) in [5, 5.41) is 3.57. The lowest BCUT2D eigenvalue weighted by Crippen LogP contribution is -2.52. The number of hydrogen-bond acceptors (Lipinski definition) is 3. The second kappa shape index (κ2) is 6.39. The zero-order valence-electron chi connectivity index (χ0n) is 12.0. The predicted octanol–water partition coefficient (Wildman–Crippen LogP) is 1.41. The number of likely N-dealkylation sites (tertiary alicyclic amines) is 1. The van der Waals surface area contributed by atoms with Crippen molar-refractivity contribution in [1.82, 2.24) is 19.8 Å². The van der Waals surface area contributed by atoms with Crippen LogP contribution in [-0.2, 0) is 11.3 Å². The van der Waals surface area contributed by atoms with Crippen LogP contribution in [0.25, 0.3) is 0 Å². The van der Waals surface area contributed by atoms with Gasteiger partial charge in [0.1, 0.15) is 0 Å². The number of nitrogens with one attached hydrogen (secondary N) is 1. The van der Waals surface area contributed by atoms with E-state index in [2.05, 4.69) is 15.2 Å². The zero-order valence-corrected chi connectivity index (χ0v) is 12.0. The highest BCUT2D eigenvalue weighted by Gasteiger charge is 2.33. The number of imidazole rings is 1. The molecular weight excluding hydrogens is 252 g/mol. The second-order valence-corrected chi connectivity index (χ2v) is 5.90. The summed E-state index contributed by atoms with van der Waals surface area (Å²) >= 11 is 0. The van der Waals surface area contributed by atoms with Gasteiger partial charge >= 0.3 is 0 Å². The van der Waals surface area contributed by atoms with Gasteiger partial charge in [0.25, 0.3) is 0 Å². The Labute approximate surface area is 120 Å². The first-order valence-corrected chi connectivity index (χ1v) is 7.83. The van der Waals surface area contributed by atoms with Crippen molar-refractivity contribution in [2.24, 2.45) is 0 Å². The van der Waals surface area contributed by atoms with Gasteiger partial charge in [-0.3, -0.25) is 4.79 Å². The van der Waals surface area contributed by atoms with E-state index in [1.807, 2.05) is 10.8 Å². The molecular formula is C15H24N4O. The van der Waals surface area contributed by atoms with Crippen LogP contribution in [0.1, 0.15) is 38.5 Å². The molecule has 2 saturated heterocycles. The highest BCUT2D eigenvalue weighted by Crippen LogP contribution is 2.24. The molecule has 1 N–H and O–H groups in total. The van der Waals surface area contributed by atoms with Gasteiger partial charge in [-0.1, -0.05) is 0 Å². The summed E-state index contributed by atoms with van der Waals surface area (Å²) < 4.78 is 1.98. The van der Waals surface area contributed by atoms with Crippen molar-refractivity contribution in [3.63, 3.8) is 0 Å². The summed E-state index contributed by atoms with van der Waals surface area (Å²) in [5.74, 6) is 0.303. The van der Waals surface area contributed by atoms with Crippen LogP contribution in [0.4, 0.5) is 0 Å². The molecule has 0 bridgehead atoms. The van der Waals surface area contributed by atoms with Crippen molar-refractivity contribution in [2.45, 2.75) is 57.2 Å². The van der Waals surface area contributed by atoms with E-state index < -0.39 is 0 Å². The van der Waals surface area contributed by atoms with Crippen LogP contribution >= 0.6 is 0 Å². The van der Waals surface area contributed by atoms with Crippen molar-refractivity contribution in [3.8, 4) is 0 Å². The number of hydrogen-bond donors (Lipinski definition) is 1. The molecule has 1 amide bonds. The standard InChI is InChI=1S/C15H24N4O/c20-15(6-10-18-11-8-16-12-18)19-9-2-1-5-14(19)13-4-3-7-17-13/h8,11-14,17H,1-7,9-10H2. The van der Waals surface area contributed by atoms with Gasteiger partial charge in [-0.05, 0) is 38.6 Å². The fourth-order valence-corrected chi connectivity index (χ4v) is 3.51. The molecule has 0 saturated carbocycles. The highest BCUT2D eigenvalue weighted by atomic mass is 16.2. The average Bonchev–Trinajstić information content (AvgIpc) is 3.18. The molecule has 0 aromatic carbocycles. The van der Waals surface area contributed by atoms with E-state index in [0.717, 1.165) is 32.5 Å². The summed E-state index contributed by atoms with van der Waals surface area (Å²) in [6.07, 6.45) is 12.1. The van der Waals surface area contributed by atoms with Gasteiger partial charge in [0.2, 0.25) is 5.91 Å². The van der Waals surface area contributed by atoms with E-state index in [1.165, 1.54) is 19.3 Å². The Hall–Kier alpha value is -1.36. The predicted molar refractivity (Wildman–Crippen MR) is 77.2 cm³/mol. The van der Waals surface area contributed by atoms with E-state index in [9.17, 15) is 4.79 Å². The first-order valence-electron chi connectivity index (χ1n) is 7.83. The molecule has 0 aliphatic carbocycles. The number of piperidine rings is 1. The molecule has 20 heavy (non-hydrogen) atoms. The van der Waals surface area contributed by atoms with Gasteiger partial charge in [0, 0.05) is 44.0 Å². The topological polar surface area (TPSA) is 50.2 Å². The number of nitrogens with zero attached hydrogens (tertiary/aromatic N) is 3. The van der Waals surface area contributed by atoms with Crippen LogP contribution in [0.5, 0.6) is 0 Å². The van der Waals surface area contributed by atoms with Gasteiger partial charge in [-0.2, -0.15) is 0 Å². The van der Waals surface area contributed by atoms with Crippen molar-refractivity contribution >= 4 is 5.91 Å². The van der Waals surface area contributed by atoms with Crippen molar-refractivity contribution in [1.29, 1.82) is 0 Å². The third kappa shape index (κ3) is 3.03. The van der Waals surface area contributed by atoms with Crippen LogP contribution in [0.2, 0.25) is 0 Å². The highest BCUT2D eigenvalue weighted by molar-refractivity contribution is 5.76. The summed E-state index contributed by atoms with van der Waals surface area (Å²) in [7, 11) is 0. The summed E-state index contributed by atoms with van der Waals surface area (Å²) in [6, 6.07) is 0.939. The monoisotopic (exact) mass is 276 g/mol. The number of carbonyl (C=O) groups excluding carboxylic acids is 1. The normalized spacial score (nSPS) is 26.9. The SMILES string of the molecule is O=C(CCn1ccnc1)N1CCCCC1C1CCCN1. The van der Waals surface area contributed by atoms with E-state index in [0.29, 0.717) is 24.4 Å². The molecule has 0 radical (unpaired) electrons. The van der Waals surface area contributed by atoms with Crippen LogP contribution < -0.4 is 5.32 Å². The molecule has 2 aliphatic rings. The van der Waals surface area contributed by atoms with Gasteiger partial charge in [0.15, 0.2) is 0 Å². The van der Waals surface area contributed by atoms with Gasteiger partial charge in [-0.25, -0.2) is 4.98 Å². The third-order valence-electron chi connectivity index (χ3n) is 4.58. The van der Waals surface area contributed by atoms with E-state index in [-0.39, 0.29) is 0 Å². The summed E-state index contributed by atoms with van der Waals surface area (Å²) in [5.41, 5.74) is 0. The van der Waals surface area contributed by atoms with Crippen molar-refractivity contribution in [2.75, 3.05) is 13.1 Å². The maximum absolute atomic E-state index is 12.5. The molecule has 2 aliphatic heterocycles. The van der Waals surface area contributed by atoms with E-state index >= 15 is 0 Å². The van der Waals surface area contributed by atoms with Crippen LogP contribution in [-0.4, -0.2) is 45.5 Å². The molecule has 0 spiro atoms. The fraction of sp³-hybridized carbons (Fsp3) is 0.733. The molecule has 2 fully saturated rings. The number of amides is 1. The molecule has 3 heterocycles.